The summed E-state index contributed by atoms with van der Waals surface area (Å²) < 4.78 is 0. The van der Waals surface area contributed by atoms with Crippen molar-refractivity contribution in [2.45, 2.75) is 12.5 Å². The van der Waals surface area contributed by atoms with Gasteiger partial charge in [0.1, 0.15) is 6.04 Å². The molecule has 1 atom stereocenters. The second-order valence-electron chi connectivity index (χ2n) is 7.68. The molecule has 0 bridgehead atoms. The highest BCUT2D eigenvalue weighted by atomic mass is 16.6. The summed E-state index contributed by atoms with van der Waals surface area (Å²) in [5.41, 5.74) is -0.452. The quantitative estimate of drug-likeness (QED) is 0.338. The van der Waals surface area contributed by atoms with Crippen LogP contribution in [-0.4, -0.2) is 45.8 Å². The molecular weight excluding hydrogens is 472 g/mol. The van der Waals surface area contributed by atoms with E-state index in [1.54, 1.807) is 30.3 Å². The first-order valence-corrected chi connectivity index (χ1v) is 10.5. The molecule has 3 aromatic carbocycles. The number of carboxylic acid groups (broad SMARTS) is 1. The molecule has 0 aliphatic heterocycles. The van der Waals surface area contributed by atoms with Gasteiger partial charge < -0.3 is 15.3 Å². The highest BCUT2D eigenvalue weighted by molar-refractivity contribution is 6.06. The molecule has 2 N–H and O–H groups in total. The van der Waals surface area contributed by atoms with E-state index in [-0.39, 0.29) is 17.5 Å². The van der Waals surface area contributed by atoms with E-state index >= 15 is 0 Å². The Morgan fingerprint density at radius 1 is 0.889 bits per heavy atom. The van der Waals surface area contributed by atoms with Gasteiger partial charge in [0.2, 0.25) is 0 Å². The predicted octanol–water partition coefficient (Wildman–Crippen LogP) is 3.21. The van der Waals surface area contributed by atoms with Crippen LogP contribution in [0.1, 0.15) is 26.3 Å². The summed E-state index contributed by atoms with van der Waals surface area (Å²) in [6.07, 6.45) is 0.0958. The Kier molecular flexibility index (Phi) is 7.69. The topological polar surface area (TPSA) is 173 Å². The Morgan fingerprint density at radius 3 is 2.03 bits per heavy atom. The fourth-order valence-electron chi connectivity index (χ4n) is 3.40. The van der Waals surface area contributed by atoms with Crippen LogP contribution in [-0.2, 0) is 11.2 Å². The third-order valence-corrected chi connectivity index (χ3v) is 5.32. The first-order valence-electron chi connectivity index (χ1n) is 10.5. The minimum Gasteiger partial charge on any atom is -0.480 e. The van der Waals surface area contributed by atoms with E-state index in [9.17, 15) is 39.7 Å². The molecule has 12 heteroatoms. The number of nitrogens with zero attached hydrogens (tertiary/aromatic N) is 3. The van der Waals surface area contributed by atoms with Crippen molar-refractivity contribution in [3.8, 4) is 0 Å². The number of rotatable bonds is 9. The lowest BCUT2D eigenvalue weighted by atomic mass is 10.1. The average molecular weight is 492 g/mol. The number of anilines is 1. The summed E-state index contributed by atoms with van der Waals surface area (Å²) >= 11 is 0. The highest BCUT2D eigenvalue weighted by Crippen LogP contribution is 2.28. The number of carbonyl (C=O) groups is 3. The van der Waals surface area contributed by atoms with Gasteiger partial charge in [-0.15, -0.1) is 0 Å². The molecule has 0 fully saturated rings. The number of carbonyl (C=O) groups excluding carboxylic acids is 2. The monoisotopic (exact) mass is 492 g/mol. The van der Waals surface area contributed by atoms with Crippen LogP contribution in [0.5, 0.6) is 0 Å². The second kappa shape index (κ2) is 10.9. The second-order valence-corrected chi connectivity index (χ2v) is 7.68. The van der Waals surface area contributed by atoms with Crippen molar-refractivity contribution in [1.82, 2.24) is 5.32 Å². The summed E-state index contributed by atoms with van der Waals surface area (Å²) in [5, 5.41) is 34.1. The third-order valence-electron chi connectivity index (χ3n) is 5.32. The average Bonchev–Trinajstić information content (AvgIpc) is 2.87. The minimum atomic E-state index is -1.19. The van der Waals surface area contributed by atoms with E-state index in [4.69, 9.17) is 0 Å². The first kappa shape index (κ1) is 25.5. The summed E-state index contributed by atoms with van der Waals surface area (Å²) in [6.45, 7) is 0. The van der Waals surface area contributed by atoms with Crippen LogP contribution in [0.3, 0.4) is 0 Å². The van der Waals surface area contributed by atoms with Crippen LogP contribution >= 0.6 is 0 Å². The minimum absolute atomic E-state index is 0.0958. The molecule has 3 aromatic rings. The lowest BCUT2D eigenvalue weighted by Gasteiger charge is -2.18. The fourth-order valence-corrected chi connectivity index (χ4v) is 3.40. The van der Waals surface area contributed by atoms with E-state index in [1.807, 2.05) is 0 Å². The maximum atomic E-state index is 12.8. The summed E-state index contributed by atoms with van der Waals surface area (Å²) in [5.74, 6) is -2.48. The number of nitro benzene ring substituents is 2. The van der Waals surface area contributed by atoms with Crippen molar-refractivity contribution < 1.29 is 29.3 Å². The van der Waals surface area contributed by atoms with Crippen molar-refractivity contribution in [2.24, 2.45) is 0 Å². The number of hydrogen-bond donors (Lipinski definition) is 2. The Labute approximate surface area is 204 Å². The maximum Gasteiger partial charge on any atom is 0.346 e. The van der Waals surface area contributed by atoms with Crippen molar-refractivity contribution >= 4 is 34.8 Å². The number of carboxylic acids is 1. The van der Waals surface area contributed by atoms with Gasteiger partial charge in [-0.2, -0.15) is 0 Å². The van der Waals surface area contributed by atoms with Crippen LogP contribution in [0, 0.1) is 20.2 Å². The molecule has 0 saturated carbocycles. The predicted molar refractivity (Wildman–Crippen MR) is 128 cm³/mol. The number of benzene rings is 3. The van der Waals surface area contributed by atoms with Gasteiger partial charge in [-0.25, -0.2) is 4.79 Å². The zero-order valence-electron chi connectivity index (χ0n) is 18.9. The van der Waals surface area contributed by atoms with Gasteiger partial charge >= 0.3 is 17.3 Å². The Bertz CT molecular complexity index is 1330. The van der Waals surface area contributed by atoms with Gasteiger partial charge in [-0.05, 0) is 35.9 Å². The van der Waals surface area contributed by atoms with Gasteiger partial charge in [0.25, 0.3) is 11.8 Å². The normalized spacial score (nSPS) is 11.2. The molecule has 0 unspecified atom stereocenters. The summed E-state index contributed by atoms with van der Waals surface area (Å²) in [4.78, 5) is 58.5. The Hall–Kier alpha value is -5.13. The van der Waals surface area contributed by atoms with Crippen LogP contribution in [0.15, 0.2) is 72.8 Å². The number of aliphatic carboxylic acids is 1. The molecule has 36 heavy (non-hydrogen) atoms. The summed E-state index contributed by atoms with van der Waals surface area (Å²) in [6, 6.07) is 16.2. The maximum absolute atomic E-state index is 12.8. The SMILES string of the molecule is CN(C(=O)c1ccc([N+](=O)[O-])c([N+](=O)[O-])c1)c1ccc(C(=O)N[C@@H](Cc2ccccc2)C(=O)O)cc1. The van der Waals surface area contributed by atoms with Crippen molar-refractivity contribution in [1.29, 1.82) is 0 Å². The van der Waals surface area contributed by atoms with Gasteiger partial charge in [0.15, 0.2) is 0 Å². The lowest BCUT2D eigenvalue weighted by molar-refractivity contribution is -0.422. The number of nitrogens with one attached hydrogen (secondary N) is 1. The summed E-state index contributed by atoms with van der Waals surface area (Å²) in [7, 11) is 1.39. The Morgan fingerprint density at radius 2 is 1.47 bits per heavy atom. The van der Waals surface area contributed by atoms with E-state index in [0.717, 1.165) is 28.7 Å². The number of nitro groups is 2. The van der Waals surface area contributed by atoms with E-state index in [1.165, 1.54) is 31.3 Å². The molecule has 0 aliphatic rings. The van der Waals surface area contributed by atoms with E-state index in [0.29, 0.717) is 5.69 Å². The van der Waals surface area contributed by atoms with Crippen molar-refractivity contribution in [2.75, 3.05) is 11.9 Å². The zero-order valence-corrected chi connectivity index (χ0v) is 18.9. The van der Waals surface area contributed by atoms with Gasteiger partial charge in [0.05, 0.1) is 9.85 Å². The molecule has 0 heterocycles. The van der Waals surface area contributed by atoms with Gasteiger partial charge in [0, 0.05) is 42.4 Å². The van der Waals surface area contributed by atoms with Crippen LogP contribution < -0.4 is 10.2 Å². The van der Waals surface area contributed by atoms with Crippen LogP contribution in [0.2, 0.25) is 0 Å². The standard InChI is InChI=1S/C24H20N4O8/c1-26(23(30)17-9-12-20(27(33)34)21(14-17)28(35)36)18-10-7-16(8-11-18)22(29)25-19(24(31)32)13-15-5-3-2-4-6-15/h2-12,14,19H,13H2,1H3,(H,25,29)(H,31,32)/t19-/m0/s1. The molecular formula is C24H20N4O8. The first-order chi connectivity index (χ1) is 17.1. The smallest absolute Gasteiger partial charge is 0.346 e. The fraction of sp³-hybridized carbons (Fsp3) is 0.125. The molecule has 0 aromatic heterocycles. The van der Waals surface area contributed by atoms with Crippen molar-refractivity contribution in [3.05, 3.63) is 110 Å². The van der Waals surface area contributed by atoms with E-state index < -0.39 is 45.0 Å². The molecule has 3 rings (SSSR count). The zero-order chi connectivity index (χ0) is 26.4. The molecule has 12 nitrogen and oxygen atoms in total. The van der Waals surface area contributed by atoms with Crippen LogP contribution in [0.4, 0.5) is 17.1 Å². The largest absolute Gasteiger partial charge is 0.480 e. The van der Waals surface area contributed by atoms with Crippen molar-refractivity contribution in [3.63, 3.8) is 0 Å². The molecule has 0 radical (unpaired) electrons. The molecule has 0 spiro atoms. The number of hydrogen-bond acceptors (Lipinski definition) is 7. The third kappa shape index (κ3) is 5.86. The van der Waals surface area contributed by atoms with Gasteiger partial charge in [-0.3, -0.25) is 29.8 Å². The molecule has 184 valence electrons. The molecule has 0 aliphatic carbocycles. The van der Waals surface area contributed by atoms with Gasteiger partial charge in [-0.1, -0.05) is 30.3 Å². The molecule has 2 amide bonds. The lowest BCUT2D eigenvalue weighted by Crippen LogP contribution is -2.42. The Balaban J connectivity index is 1.74. The molecule has 0 saturated heterocycles. The highest BCUT2D eigenvalue weighted by Gasteiger charge is 2.27. The number of amides is 2. The van der Waals surface area contributed by atoms with E-state index in [2.05, 4.69) is 5.32 Å². The van der Waals surface area contributed by atoms with Crippen LogP contribution in [0.25, 0.3) is 0 Å².